The van der Waals surface area contributed by atoms with Crippen LogP contribution >= 0.6 is 11.3 Å². The number of hydrogen-bond acceptors (Lipinski definition) is 6. The van der Waals surface area contributed by atoms with Crippen LogP contribution in [0, 0.1) is 17.2 Å². The molecule has 0 unspecified atom stereocenters. The second-order valence-electron chi connectivity index (χ2n) is 4.21. The highest BCUT2D eigenvalue weighted by Gasteiger charge is 2.26. The maximum atomic E-state index is 11.8. The summed E-state index contributed by atoms with van der Waals surface area (Å²) in [6, 6.07) is 2.00. The number of carbonyl (C=O) groups excluding carboxylic acids is 1. The molecule has 1 saturated carbocycles. The van der Waals surface area contributed by atoms with E-state index in [1.165, 1.54) is 24.2 Å². The van der Waals surface area contributed by atoms with E-state index in [-0.39, 0.29) is 12.3 Å². The maximum absolute atomic E-state index is 11.8. The minimum Gasteiger partial charge on any atom is -0.462 e. The van der Waals surface area contributed by atoms with Crippen LogP contribution in [-0.2, 0) is 4.74 Å². The maximum Gasteiger partial charge on any atom is 0.343 e. The summed E-state index contributed by atoms with van der Waals surface area (Å²) in [6.07, 6.45) is 2.43. The normalized spacial score (nSPS) is 14.0. The summed E-state index contributed by atoms with van der Waals surface area (Å²) >= 11 is 1.21. The molecule has 1 aromatic rings. The Kier molecular flexibility index (Phi) is 3.72. The van der Waals surface area contributed by atoms with Gasteiger partial charge in [-0.3, -0.25) is 0 Å². The number of nitrogens with two attached hydrogens (primary N) is 1. The molecule has 1 aliphatic carbocycles. The number of nitrogens with zero attached hydrogens (tertiary/aromatic N) is 1. The third-order valence-corrected chi connectivity index (χ3v) is 3.84. The SMILES string of the molecule is CCOC(=O)c1c(NCC2CC2)sc(C#N)c1N. The summed E-state index contributed by atoms with van der Waals surface area (Å²) in [4.78, 5) is 12.2. The highest BCUT2D eigenvalue weighted by molar-refractivity contribution is 7.17. The van der Waals surface area contributed by atoms with E-state index in [1.54, 1.807) is 6.92 Å². The fraction of sp³-hybridized carbons (Fsp3) is 0.500. The van der Waals surface area contributed by atoms with E-state index in [4.69, 9.17) is 15.7 Å². The molecular weight excluding hydrogens is 250 g/mol. The second-order valence-corrected chi connectivity index (χ2v) is 5.23. The fourth-order valence-electron chi connectivity index (χ4n) is 1.62. The predicted octanol–water partition coefficient (Wildman–Crippen LogP) is 2.20. The summed E-state index contributed by atoms with van der Waals surface area (Å²) in [7, 11) is 0. The minimum atomic E-state index is -0.467. The molecule has 1 aromatic heterocycles. The molecule has 0 atom stereocenters. The Bertz CT molecular complexity index is 500. The van der Waals surface area contributed by atoms with E-state index in [0.717, 1.165) is 6.54 Å². The summed E-state index contributed by atoms with van der Waals surface area (Å²) in [5.74, 6) is 0.208. The zero-order valence-corrected chi connectivity index (χ0v) is 11.0. The molecule has 0 saturated heterocycles. The van der Waals surface area contributed by atoms with E-state index >= 15 is 0 Å². The second kappa shape index (κ2) is 5.27. The molecule has 0 bridgehead atoms. The van der Waals surface area contributed by atoms with Gasteiger partial charge in [-0.05, 0) is 25.7 Å². The predicted molar refractivity (Wildman–Crippen MR) is 70.6 cm³/mol. The van der Waals surface area contributed by atoms with Gasteiger partial charge in [-0.25, -0.2) is 4.79 Å². The summed E-state index contributed by atoms with van der Waals surface area (Å²) < 4.78 is 4.97. The molecular formula is C12H15N3O2S. The number of nitrogens with one attached hydrogen (secondary N) is 1. The third-order valence-electron chi connectivity index (χ3n) is 2.77. The minimum absolute atomic E-state index is 0.222. The molecule has 18 heavy (non-hydrogen) atoms. The van der Waals surface area contributed by atoms with Crippen molar-refractivity contribution >= 4 is 28.0 Å². The number of ether oxygens (including phenoxy) is 1. The molecule has 2 rings (SSSR count). The topological polar surface area (TPSA) is 88.1 Å². The molecule has 0 spiro atoms. The van der Waals surface area contributed by atoms with Crippen LogP contribution in [-0.4, -0.2) is 19.1 Å². The van der Waals surface area contributed by atoms with Crippen molar-refractivity contribution in [1.29, 1.82) is 5.26 Å². The first-order valence-electron chi connectivity index (χ1n) is 5.90. The van der Waals surface area contributed by atoms with Crippen molar-refractivity contribution in [2.45, 2.75) is 19.8 Å². The number of carbonyl (C=O) groups is 1. The zero-order chi connectivity index (χ0) is 13.1. The highest BCUT2D eigenvalue weighted by Crippen LogP contribution is 2.37. The lowest BCUT2D eigenvalue weighted by atomic mass is 10.2. The van der Waals surface area contributed by atoms with Crippen LogP contribution in [0.5, 0.6) is 0 Å². The number of nitriles is 1. The van der Waals surface area contributed by atoms with E-state index in [1.807, 2.05) is 6.07 Å². The Morgan fingerprint density at radius 2 is 2.39 bits per heavy atom. The van der Waals surface area contributed by atoms with Gasteiger partial charge in [0.25, 0.3) is 0 Å². The lowest BCUT2D eigenvalue weighted by Crippen LogP contribution is -2.11. The van der Waals surface area contributed by atoms with Crippen LogP contribution in [0.4, 0.5) is 10.7 Å². The van der Waals surface area contributed by atoms with Gasteiger partial charge < -0.3 is 15.8 Å². The first-order chi connectivity index (χ1) is 8.67. The van der Waals surface area contributed by atoms with Crippen LogP contribution < -0.4 is 11.1 Å². The van der Waals surface area contributed by atoms with Crippen LogP contribution in [0.1, 0.15) is 35.0 Å². The lowest BCUT2D eigenvalue weighted by molar-refractivity contribution is 0.0529. The lowest BCUT2D eigenvalue weighted by Gasteiger charge is -2.06. The molecule has 0 aromatic carbocycles. The number of nitrogen functional groups attached to an aromatic ring is 1. The number of esters is 1. The standard InChI is InChI=1S/C12H15N3O2S/c1-2-17-12(16)9-10(14)8(5-13)18-11(9)15-6-7-3-4-7/h7,15H,2-4,6,14H2,1H3. The van der Waals surface area contributed by atoms with Gasteiger partial charge in [0, 0.05) is 6.54 Å². The number of anilines is 2. The van der Waals surface area contributed by atoms with Gasteiger partial charge in [0.15, 0.2) is 0 Å². The number of rotatable bonds is 5. The summed E-state index contributed by atoms with van der Waals surface area (Å²) in [5, 5.41) is 12.8. The Morgan fingerprint density at radius 1 is 1.67 bits per heavy atom. The molecule has 1 aliphatic rings. The first-order valence-corrected chi connectivity index (χ1v) is 6.72. The Hall–Kier alpha value is -1.74. The van der Waals surface area contributed by atoms with Crippen molar-refractivity contribution < 1.29 is 9.53 Å². The van der Waals surface area contributed by atoms with Crippen LogP contribution in [0.3, 0.4) is 0 Å². The van der Waals surface area contributed by atoms with Gasteiger partial charge >= 0.3 is 5.97 Å². The van der Waals surface area contributed by atoms with Crippen molar-refractivity contribution in [2.75, 3.05) is 24.2 Å². The van der Waals surface area contributed by atoms with Crippen molar-refractivity contribution in [3.05, 3.63) is 10.4 Å². The largest absolute Gasteiger partial charge is 0.462 e. The van der Waals surface area contributed by atoms with E-state index in [2.05, 4.69) is 5.32 Å². The third kappa shape index (κ3) is 2.57. The molecule has 5 nitrogen and oxygen atoms in total. The molecule has 0 amide bonds. The van der Waals surface area contributed by atoms with E-state index in [0.29, 0.717) is 21.4 Å². The van der Waals surface area contributed by atoms with Crippen LogP contribution in [0.2, 0.25) is 0 Å². The summed E-state index contributed by atoms with van der Waals surface area (Å²) in [6.45, 7) is 2.85. The highest BCUT2D eigenvalue weighted by atomic mass is 32.1. The zero-order valence-electron chi connectivity index (χ0n) is 10.2. The van der Waals surface area contributed by atoms with Gasteiger partial charge in [0.05, 0.1) is 12.3 Å². The fourth-order valence-corrected chi connectivity index (χ4v) is 2.53. The quantitative estimate of drug-likeness (QED) is 0.797. The Balaban J connectivity index is 2.24. The first kappa shape index (κ1) is 12.7. The van der Waals surface area contributed by atoms with Crippen molar-refractivity contribution in [3.63, 3.8) is 0 Å². The van der Waals surface area contributed by atoms with E-state index < -0.39 is 5.97 Å². The molecule has 3 N–H and O–H groups in total. The van der Waals surface area contributed by atoms with Gasteiger partial charge in [0.1, 0.15) is 21.5 Å². The number of thiophene rings is 1. The molecule has 1 fully saturated rings. The van der Waals surface area contributed by atoms with Gasteiger partial charge in [-0.15, -0.1) is 11.3 Å². The number of hydrogen-bond donors (Lipinski definition) is 2. The Morgan fingerprint density at radius 3 is 2.94 bits per heavy atom. The van der Waals surface area contributed by atoms with Crippen LogP contribution in [0.15, 0.2) is 0 Å². The van der Waals surface area contributed by atoms with Gasteiger partial charge in [-0.1, -0.05) is 0 Å². The van der Waals surface area contributed by atoms with E-state index in [9.17, 15) is 4.79 Å². The van der Waals surface area contributed by atoms with Crippen molar-refractivity contribution in [2.24, 2.45) is 5.92 Å². The molecule has 0 radical (unpaired) electrons. The van der Waals surface area contributed by atoms with Crippen molar-refractivity contribution in [1.82, 2.24) is 0 Å². The average Bonchev–Trinajstić information content (AvgIpc) is 3.11. The molecule has 96 valence electrons. The van der Waals surface area contributed by atoms with Crippen molar-refractivity contribution in [3.8, 4) is 6.07 Å². The molecule has 0 aliphatic heterocycles. The summed E-state index contributed by atoms with van der Waals surface area (Å²) in [5.41, 5.74) is 6.34. The monoisotopic (exact) mass is 265 g/mol. The smallest absolute Gasteiger partial charge is 0.343 e. The van der Waals surface area contributed by atoms with Gasteiger partial charge in [0.2, 0.25) is 0 Å². The Labute approximate surface area is 110 Å². The average molecular weight is 265 g/mol. The van der Waals surface area contributed by atoms with Crippen LogP contribution in [0.25, 0.3) is 0 Å². The molecule has 6 heteroatoms. The molecule has 1 heterocycles. The van der Waals surface area contributed by atoms with Gasteiger partial charge in [-0.2, -0.15) is 5.26 Å².